The Labute approximate surface area is 99.9 Å². The van der Waals surface area contributed by atoms with Gasteiger partial charge in [-0.2, -0.15) is 0 Å². The molecule has 94 valence electrons. The summed E-state index contributed by atoms with van der Waals surface area (Å²) in [5.41, 5.74) is 0.689. The molecule has 0 aliphatic heterocycles. The zero-order valence-electron chi connectivity index (χ0n) is 9.41. The van der Waals surface area contributed by atoms with Crippen molar-refractivity contribution in [2.24, 2.45) is 5.18 Å². The third-order valence-corrected chi connectivity index (χ3v) is 4.09. The molecule has 0 bridgehead atoms. The number of benzene rings is 1. The first-order valence-electron chi connectivity index (χ1n) is 4.97. The lowest BCUT2D eigenvalue weighted by atomic mass is 10.2. The van der Waals surface area contributed by atoms with Crippen LogP contribution in [-0.2, 0) is 15.8 Å². The minimum atomic E-state index is -3.47. The van der Waals surface area contributed by atoms with E-state index in [1.54, 1.807) is 12.1 Å². The molecule has 0 saturated carbocycles. The molecule has 6 nitrogen and oxygen atoms in total. The van der Waals surface area contributed by atoms with Crippen LogP contribution in [0.25, 0.3) is 0 Å². The summed E-state index contributed by atoms with van der Waals surface area (Å²) in [4.78, 5) is 10.3. The monoisotopic (exact) mass is 258 g/mol. The van der Waals surface area contributed by atoms with Crippen molar-refractivity contribution >= 4 is 15.7 Å². The molecular formula is C10H14N2O4S. The molecule has 1 rings (SSSR count). The summed E-state index contributed by atoms with van der Waals surface area (Å²) in [5.74, 6) is -0.215. The van der Waals surface area contributed by atoms with Crippen molar-refractivity contribution in [3.05, 3.63) is 34.7 Å². The molecule has 0 amide bonds. The quantitative estimate of drug-likeness (QED) is 0.766. The highest BCUT2D eigenvalue weighted by Gasteiger charge is 2.17. The van der Waals surface area contributed by atoms with Gasteiger partial charge in [0.15, 0.2) is 0 Å². The SMILES string of the molecule is CN(CCO)S(=O)(=O)Cc1cccc(N=O)c1. The van der Waals surface area contributed by atoms with E-state index in [9.17, 15) is 13.3 Å². The summed E-state index contributed by atoms with van der Waals surface area (Å²) < 4.78 is 24.7. The summed E-state index contributed by atoms with van der Waals surface area (Å²) in [6.45, 7) is -0.181. The average molecular weight is 258 g/mol. The fourth-order valence-corrected chi connectivity index (χ4v) is 2.48. The number of aliphatic hydroxyl groups excluding tert-OH is 1. The Morgan fingerprint density at radius 1 is 1.41 bits per heavy atom. The van der Waals surface area contributed by atoms with E-state index in [0.29, 0.717) is 5.56 Å². The Kier molecular flexibility index (Phi) is 4.73. The van der Waals surface area contributed by atoms with E-state index in [1.165, 1.54) is 19.2 Å². The van der Waals surface area contributed by atoms with E-state index in [2.05, 4.69) is 5.18 Å². The number of nitroso groups, excluding NO2 is 1. The van der Waals surface area contributed by atoms with Crippen molar-refractivity contribution < 1.29 is 13.5 Å². The molecule has 17 heavy (non-hydrogen) atoms. The van der Waals surface area contributed by atoms with Gasteiger partial charge in [-0.15, -0.1) is 4.91 Å². The number of hydrogen-bond acceptors (Lipinski definition) is 5. The molecule has 7 heteroatoms. The Morgan fingerprint density at radius 2 is 2.12 bits per heavy atom. The largest absolute Gasteiger partial charge is 0.395 e. The summed E-state index contributed by atoms with van der Waals surface area (Å²) in [6, 6.07) is 6.12. The van der Waals surface area contributed by atoms with Crippen LogP contribution in [0.1, 0.15) is 5.56 Å². The summed E-state index contributed by atoms with van der Waals surface area (Å²) in [5, 5.41) is 11.4. The highest BCUT2D eigenvalue weighted by molar-refractivity contribution is 7.88. The highest BCUT2D eigenvalue weighted by Crippen LogP contribution is 2.16. The molecule has 0 radical (unpaired) electrons. The second kappa shape index (κ2) is 5.85. The van der Waals surface area contributed by atoms with Crippen LogP contribution in [0, 0.1) is 4.91 Å². The standard InChI is InChI=1S/C10H14N2O4S/c1-12(5-6-13)17(15,16)8-9-3-2-4-10(7-9)11-14/h2-4,7,13H,5-6,8H2,1H3. The predicted octanol–water partition coefficient (Wildman–Crippen LogP) is 0.838. The van der Waals surface area contributed by atoms with Gasteiger partial charge in [0.05, 0.1) is 12.4 Å². The topological polar surface area (TPSA) is 87.0 Å². The third-order valence-electron chi connectivity index (χ3n) is 2.25. The lowest BCUT2D eigenvalue weighted by Gasteiger charge is -2.15. The number of rotatable bonds is 6. The molecule has 0 aromatic heterocycles. The van der Waals surface area contributed by atoms with Gasteiger partial charge in [-0.05, 0) is 22.9 Å². The van der Waals surface area contributed by atoms with Crippen molar-refractivity contribution in [1.29, 1.82) is 0 Å². The van der Waals surface area contributed by atoms with Crippen LogP contribution < -0.4 is 0 Å². The van der Waals surface area contributed by atoms with Crippen LogP contribution in [0.2, 0.25) is 0 Å². The van der Waals surface area contributed by atoms with Gasteiger partial charge in [0.1, 0.15) is 5.69 Å². The molecule has 0 saturated heterocycles. The maximum absolute atomic E-state index is 11.8. The summed E-state index contributed by atoms with van der Waals surface area (Å²) in [6.07, 6.45) is 0. The highest BCUT2D eigenvalue weighted by atomic mass is 32.2. The predicted molar refractivity (Wildman–Crippen MR) is 64.2 cm³/mol. The molecule has 0 aliphatic carbocycles. The summed E-state index contributed by atoms with van der Waals surface area (Å²) >= 11 is 0. The van der Waals surface area contributed by atoms with Crippen molar-refractivity contribution in [2.75, 3.05) is 20.2 Å². The summed E-state index contributed by atoms with van der Waals surface area (Å²) in [7, 11) is -2.07. The van der Waals surface area contributed by atoms with Gasteiger partial charge in [-0.25, -0.2) is 12.7 Å². The molecule has 1 aromatic rings. The molecule has 1 N–H and O–H groups in total. The van der Waals surface area contributed by atoms with Crippen LogP contribution in [0.15, 0.2) is 29.4 Å². The fraction of sp³-hybridized carbons (Fsp3) is 0.400. The van der Waals surface area contributed by atoms with E-state index in [1.807, 2.05) is 0 Å². The number of hydrogen-bond donors (Lipinski definition) is 1. The fourth-order valence-electron chi connectivity index (χ4n) is 1.30. The number of aliphatic hydroxyl groups is 1. The second-order valence-corrected chi connectivity index (χ2v) is 5.64. The molecule has 0 spiro atoms. The van der Waals surface area contributed by atoms with Gasteiger partial charge in [0, 0.05) is 13.6 Å². The van der Waals surface area contributed by atoms with E-state index in [0.717, 1.165) is 4.31 Å². The minimum Gasteiger partial charge on any atom is -0.395 e. The van der Waals surface area contributed by atoms with Crippen LogP contribution in [0.4, 0.5) is 5.69 Å². The maximum Gasteiger partial charge on any atom is 0.218 e. The molecular weight excluding hydrogens is 244 g/mol. The first kappa shape index (κ1) is 13.8. The van der Waals surface area contributed by atoms with E-state index in [-0.39, 0.29) is 24.6 Å². The molecule has 0 aliphatic rings. The van der Waals surface area contributed by atoms with Crippen LogP contribution in [0.3, 0.4) is 0 Å². The maximum atomic E-state index is 11.8. The smallest absolute Gasteiger partial charge is 0.218 e. The van der Waals surface area contributed by atoms with E-state index in [4.69, 9.17) is 5.11 Å². The number of sulfonamides is 1. The average Bonchev–Trinajstić information content (AvgIpc) is 2.29. The van der Waals surface area contributed by atoms with Crippen LogP contribution >= 0.6 is 0 Å². The lowest BCUT2D eigenvalue weighted by molar-refractivity contribution is 0.266. The van der Waals surface area contributed by atoms with Crippen molar-refractivity contribution in [2.45, 2.75) is 5.75 Å². The first-order valence-corrected chi connectivity index (χ1v) is 6.57. The Balaban J connectivity index is 2.86. The normalized spacial score (nSPS) is 11.7. The minimum absolute atomic E-state index is 0.0496. The van der Waals surface area contributed by atoms with Crippen molar-refractivity contribution in [3.63, 3.8) is 0 Å². The van der Waals surface area contributed by atoms with Crippen LogP contribution in [0.5, 0.6) is 0 Å². The molecule has 0 atom stereocenters. The number of likely N-dealkylation sites (N-methyl/N-ethyl adjacent to an activating group) is 1. The van der Waals surface area contributed by atoms with Gasteiger partial charge >= 0.3 is 0 Å². The Hall–Kier alpha value is -1.31. The van der Waals surface area contributed by atoms with Crippen LogP contribution in [-0.4, -0.2) is 38.0 Å². The van der Waals surface area contributed by atoms with Gasteiger partial charge in [-0.3, -0.25) is 0 Å². The Bertz CT molecular complexity index is 487. The third kappa shape index (κ3) is 3.88. The lowest BCUT2D eigenvalue weighted by Crippen LogP contribution is -2.30. The molecule has 1 aromatic carbocycles. The van der Waals surface area contributed by atoms with Crippen molar-refractivity contribution in [1.82, 2.24) is 4.31 Å². The van der Waals surface area contributed by atoms with Gasteiger partial charge in [0.2, 0.25) is 10.0 Å². The number of nitrogens with zero attached hydrogens (tertiary/aromatic N) is 2. The Morgan fingerprint density at radius 3 is 2.71 bits per heavy atom. The zero-order valence-corrected chi connectivity index (χ0v) is 10.2. The first-order chi connectivity index (χ1) is 7.99. The van der Waals surface area contributed by atoms with Gasteiger partial charge in [-0.1, -0.05) is 12.1 Å². The molecule has 0 unspecified atom stereocenters. The zero-order chi connectivity index (χ0) is 12.9. The van der Waals surface area contributed by atoms with Gasteiger partial charge < -0.3 is 5.11 Å². The second-order valence-electron chi connectivity index (χ2n) is 3.56. The molecule has 0 heterocycles. The molecule has 0 fully saturated rings. The van der Waals surface area contributed by atoms with Gasteiger partial charge in [0.25, 0.3) is 0 Å². The van der Waals surface area contributed by atoms with E-state index < -0.39 is 10.0 Å². The van der Waals surface area contributed by atoms with E-state index >= 15 is 0 Å². The van der Waals surface area contributed by atoms with Crippen molar-refractivity contribution in [3.8, 4) is 0 Å².